The van der Waals surface area contributed by atoms with Gasteiger partial charge in [-0.25, -0.2) is 13.1 Å². The van der Waals surface area contributed by atoms with Crippen LogP contribution in [0.4, 0.5) is 0 Å². The predicted molar refractivity (Wildman–Crippen MR) is 96.3 cm³/mol. The van der Waals surface area contributed by atoms with E-state index in [2.05, 4.69) is 5.32 Å². The maximum atomic E-state index is 12.4. The molecule has 0 saturated heterocycles. The summed E-state index contributed by atoms with van der Waals surface area (Å²) in [5.41, 5.74) is 1.68. The molecule has 0 heterocycles. The molecule has 0 saturated carbocycles. The van der Waals surface area contributed by atoms with Crippen molar-refractivity contribution in [3.05, 3.63) is 59.2 Å². The molecule has 0 bridgehead atoms. The van der Waals surface area contributed by atoms with E-state index >= 15 is 0 Å². The van der Waals surface area contributed by atoms with Crippen molar-refractivity contribution in [2.45, 2.75) is 25.3 Å². The number of carbonyl (C=O) groups excluding carboxylic acids is 2. The Balaban J connectivity index is 2.19. The third-order valence-corrected chi connectivity index (χ3v) is 4.95. The molecule has 0 aliphatic carbocycles. The number of rotatable bonds is 6. The van der Waals surface area contributed by atoms with Crippen molar-refractivity contribution in [1.29, 1.82) is 0 Å². The molecule has 0 aliphatic rings. The number of carbonyl (C=O) groups is 2. The van der Waals surface area contributed by atoms with Gasteiger partial charge in [-0.3, -0.25) is 9.59 Å². The van der Waals surface area contributed by atoms with Crippen LogP contribution in [0, 0.1) is 6.92 Å². The van der Waals surface area contributed by atoms with Gasteiger partial charge in [-0.05, 0) is 36.8 Å². The lowest BCUT2D eigenvalue weighted by Crippen LogP contribution is -2.31. The van der Waals surface area contributed by atoms with Crippen LogP contribution in [0.5, 0.6) is 5.75 Å². The monoisotopic (exact) mass is 376 g/mol. The number of sulfonamides is 1. The largest absolute Gasteiger partial charge is 0.496 e. The minimum Gasteiger partial charge on any atom is -0.496 e. The normalized spacial score (nSPS) is 10.9. The topological polar surface area (TPSA) is 102 Å². The fourth-order valence-electron chi connectivity index (χ4n) is 2.25. The van der Waals surface area contributed by atoms with E-state index in [1.165, 1.54) is 26.2 Å². The number of hydrogen-bond donors (Lipinski definition) is 2. The Bertz CT molecular complexity index is 921. The molecule has 0 aromatic heterocycles. The minimum absolute atomic E-state index is 0.0518. The third kappa shape index (κ3) is 4.82. The number of nitrogens with one attached hydrogen (secondary N) is 2. The Morgan fingerprint density at radius 3 is 2.31 bits per heavy atom. The van der Waals surface area contributed by atoms with Gasteiger partial charge in [-0.2, -0.15) is 0 Å². The Kier molecular flexibility index (Phi) is 5.99. The first-order valence-corrected chi connectivity index (χ1v) is 9.26. The van der Waals surface area contributed by atoms with Crippen LogP contribution in [0.2, 0.25) is 0 Å². The molecule has 2 N–H and O–H groups in total. The van der Waals surface area contributed by atoms with Crippen LogP contribution in [0.25, 0.3) is 0 Å². The van der Waals surface area contributed by atoms with Gasteiger partial charge in [0.1, 0.15) is 5.75 Å². The standard InChI is InChI=1S/C18H20N2O5S/c1-12-4-9-17(25-3)16(10-12)18(22)20-26(23,24)15-7-5-14(6-8-15)11-19-13(2)21/h4-10H,11H2,1-3H3,(H,19,21)(H,20,22). The molecule has 2 amide bonds. The second-order valence-corrected chi connectivity index (χ2v) is 7.37. The summed E-state index contributed by atoms with van der Waals surface area (Å²) in [5, 5.41) is 2.62. The summed E-state index contributed by atoms with van der Waals surface area (Å²) in [6.45, 7) is 3.48. The van der Waals surface area contributed by atoms with Crippen molar-refractivity contribution >= 4 is 21.8 Å². The maximum Gasteiger partial charge on any atom is 0.268 e. The van der Waals surface area contributed by atoms with Gasteiger partial charge in [0.15, 0.2) is 0 Å². The van der Waals surface area contributed by atoms with Gasteiger partial charge in [0.25, 0.3) is 15.9 Å². The van der Waals surface area contributed by atoms with E-state index in [0.29, 0.717) is 6.54 Å². The zero-order valence-corrected chi connectivity index (χ0v) is 15.5. The highest BCUT2D eigenvalue weighted by molar-refractivity contribution is 7.90. The Hall–Kier alpha value is -2.87. The molecule has 8 heteroatoms. The van der Waals surface area contributed by atoms with Crippen LogP contribution in [0.3, 0.4) is 0 Å². The quantitative estimate of drug-likeness (QED) is 0.800. The van der Waals surface area contributed by atoms with Crippen molar-refractivity contribution in [2.75, 3.05) is 7.11 Å². The summed E-state index contributed by atoms with van der Waals surface area (Å²) in [5.74, 6) is -0.664. The first-order valence-electron chi connectivity index (χ1n) is 7.78. The summed E-state index contributed by atoms with van der Waals surface area (Å²) >= 11 is 0. The van der Waals surface area contributed by atoms with Crippen LogP contribution in [0.15, 0.2) is 47.4 Å². The third-order valence-electron chi connectivity index (χ3n) is 3.60. The molecule has 0 fully saturated rings. The summed E-state index contributed by atoms with van der Waals surface area (Å²) in [6, 6.07) is 10.8. The van der Waals surface area contributed by atoms with Crippen molar-refractivity contribution in [3.63, 3.8) is 0 Å². The average molecular weight is 376 g/mol. The molecule has 0 unspecified atom stereocenters. The second-order valence-electron chi connectivity index (χ2n) is 5.69. The van der Waals surface area contributed by atoms with E-state index in [1.54, 1.807) is 37.3 Å². The summed E-state index contributed by atoms with van der Waals surface area (Å²) in [6.07, 6.45) is 0. The van der Waals surface area contributed by atoms with Gasteiger partial charge < -0.3 is 10.1 Å². The number of amides is 2. The molecule has 0 radical (unpaired) electrons. The van der Waals surface area contributed by atoms with Gasteiger partial charge >= 0.3 is 0 Å². The molecule has 138 valence electrons. The SMILES string of the molecule is COc1ccc(C)cc1C(=O)NS(=O)(=O)c1ccc(CNC(C)=O)cc1. The van der Waals surface area contributed by atoms with E-state index < -0.39 is 15.9 Å². The number of ether oxygens (including phenoxy) is 1. The Morgan fingerprint density at radius 1 is 1.08 bits per heavy atom. The molecule has 0 spiro atoms. The van der Waals surface area contributed by atoms with Gasteiger partial charge in [0.05, 0.1) is 17.6 Å². The summed E-state index contributed by atoms with van der Waals surface area (Å²) in [7, 11) is -2.63. The van der Waals surface area contributed by atoms with Crippen molar-refractivity contribution < 1.29 is 22.7 Å². The zero-order valence-electron chi connectivity index (χ0n) is 14.7. The fraction of sp³-hybridized carbons (Fsp3) is 0.222. The Labute approximate surface area is 152 Å². The number of hydrogen-bond acceptors (Lipinski definition) is 5. The smallest absolute Gasteiger partial charge is 0.268 e. The molecule has 7 nitrogen and oxygen atoms in total. The van der Waals surface area contributed by atoms with E-state index in [-0.39, 0.29) is 22.1 Å². The van der Waals surface area contributed by atoms with E-state index in [9.17, 15) is 18.0 Å². The van der Waals surface area contributed by atoms with Crippen molar-refractivity contribution in [3.8, 4) is 5.75 Å². The lowest BCUT2D eigenvalue weighted by molar-refractivity contribution is -0.119. The zero-order chi connectivity index (χ0) is 19.3. The summed E-state index contributed by atoms with van der Waals surface area (Å²) < 4.78 is 32.0. The number of aryl methyl sites for hydroxylation is 1. The predicted octanol–water partition coefficient (Wildman–Crippen LogP) is 1.76. The van der Waals surface area contributed by atoms with E-state index in [0.717, 1.165) is 11.1 Å². The first kappa shape index (κ1) is 19.5. The van der Waals surface area contributed by atoms with Gasteiger partial charge in [0.2, 0.25) is 5.91 Å². The molecule has 2 aromatic carbocycles. The summed E-state index contributed by atoms with van der Waals surface area (Å²) in [4.78, 5) is 23.3. The van der Waals surface area contributed by atoms with Crippen LogP contribution in [0.1, 0.15) is 28.4 Å². The second kappa shape index (κ2) is 8.01. The lowest BCUT2D eigenvalue weighted by Gasteiger charge is -2.11. The molecule has 26 heavy (non-hydrogen) atoms. The lowest BCUT2D eigenvalue weighted by atomic mass is 10.1. The highest BCUT2D eigenvalue weighted by Gasteiger charge is 2.21. The van der Waals surface area contributed by atoms with E-state index in [1.807, 2.05) is 4.72 Å². The van der Waals surface area contributed by atoms with Crippen LogP contribution in [-0.2, 0) is 21.4 Å². The first-order chi connectivity index (χ1) is 12.2. The molecule has 0 aliphatic heterocycles. The van der Waals surface area contributed by atoms with Crippen LogP contribution >= 0.6 is 0 Å². The molecular weight excluding hydrogens is 356 g/mol. The fourth-order valence-corrected chi connectivity index (χ4v) is 3.21. The maximum absolute atomic E-state index is 12.4. The molecule has 0 atom stereocenters. The van der Waals surface area contributed by atoms with Gasteiger partial charge in [-0.1, -0.05) is 23.8 Å². The molecule has 2 aromatic rings. The molecular formula is C18H20N2O5S. The Morgan fingerprint density at radius 2 is 1.73 bits per heavy atom. The highest BCUT2D eigenvalue weighted by Crippen LogP contribution is 2.20. The highest BCUT2D eigenvalue weighted by atomic mass is 32.2. The average Bonchev–Trinajstić information content (AvgIpc) is 2.60. The van der Waals surface area contributed by atoms with Gasteiger partial charge in [0, 0.05) is 13.5 Å². The van der Waals surface area contributed by atoms with Crippen LogP contribution in [-0.4, -0.2) is 27.3 Å². The van der Waals surface area contributed by atoms with Crippen molar-refractivity contribution in [1.82, 2.24) is 10.0 Å². The number of methoxy groups -OCH3 is 1. The minimum atomic E-state index is -4.04. The van der Waals surface area contributed by atoms with Gasteiger partial charge in [-0.15, -0.1) is 0 Å². The van der Waals surface area contributed by atoms with Crippen molar-refractivity contribution in [2.24, 2.45) is 0 Å². The molecule has 2 rings (SSSR count). The van der Waals surface area contributed by atoms with Crippen LogP contribution < -0.4 is 14.8 Å². The van der Waals surface area contributed by atoms with E-state index in [4.69, 9.17) is 4.74 Å². The number of benzene rings is 2.